The molecule has 0 bridgehead atoms. The SMILES string of the molecule is O=C(O)c1ccc2c(c1)C(=O)NC[C@@H]1CN(Cc3ccccc3)C[C@@H]21. The highest BCUT2D eigenvalue weighted by Crippen LogP contribution is 2.37. The quantitative estimate of drug-likeness (QED) is 0.903. The van der Waals surface area contributed by atoms with E-state index in [1.807, 2.05) is 24.3 Å². The first kappa shape index (κ1) is 15.8. The number of benzene rings is 2. The Bertz CT molecular complexity index is 819. The fourth-order valence-corrected chi connectivity index (χ4v) is 4.02. The summed E-state index contributed by atoms with van der Waals surface area (Å²) in [5, 5.41) is 12.2. The zero-order valence-corrected chi connectivity index (χ0v) is 13.8. The molecule has 0 unspecified atom stereocenters. The third-order valence-corrected chi connectivity index (χ3v) is 5.23. The number of amides is 1. The highest BCUT2D eigenvalue weighted by molar-refractivity contribution is 5.99. The maximum atomic E-state index is 12.4. The van der Waals surface area contributed by atoms with Crippen LogP contribution in [0.2, 0.25) is 0 Å². The van der Waals surface area contributed by atoms with E-state index < -0.39 is 5.97 Å². The minimum atomic E-state index is -1.01. The Hall–Kier alpha value is -2.66. The molecule has 5 nitrogen and oxygen atoms in total. The lowest BCUT2D eigenvalue weighted by atomic mass is 9.86. The second-order valence-corrected chi connectivity index (χ2v) is 6.86. The second kappa shape index (κ2) is 6.33. The number of carboxylic acids is 1. The summed E-state index contributed by atoms with van der Waals surface area (Å²) < 4.78 is 0. The van der Waals surface area contributed by atoms with E-state index in [1.54, 1.807) is 6.07 Å². The van der Waals surface area contributed by atoms with E-state index in [0.29, 0.717) is 18.0 Å². The lowest BCUT2D eigenvalue weighted by Crippen LogP contribution is -2.29. The molecule has 1 fully saturated rings. The summed E-state index contributed by atoms with van der Waals surface area (Å²) in [5.41, 5.74) is 2.92. The smallest absolute Gasteiger partial charge is 0.335 e. The number of carbonyl (C=O) groups excluding carboxylic acids is 1. The molecule has 2 aliphatic heterocycles. The summed E-state index contributed by atoms with van der Waals surface area (Å²) in [7, 11) is 0. The van der Waals surface area contributed by atoms with Crippen LogP contribution in [0.5, 0.6) is 0 Å². The van der Waals surface area contributed by atoms with Crippen LogP contribution in [0.3, 0.4) is 0 Å². The van der Waals surface area contributed by atoms with Crippen LogP contribution in [0, 0.1) is 5.92 Å². The van der Waals surface area contributed by atoms with Crippen molar-refractivity contribution in [1.82, 2.24) is 10.2 Å². The molecule has 2 aliphatic rings. The van der Waals surface area contributed by atoms with Gasteiger partial charge in [0.05, 0.1) is 5.56 Å². The van der Waals surface area contributed by atoms with Gasteiger partial charge in [-0.15, -0.1) is 0 Å². The number of carboxylic acid groups (broad SMARTS) is 1. The van der Waals surface area contributed by atoms with Crippen molar-refractivity contribution in [2.24, 2.45) is 5.92 Å². The summed E-state index contributed by atoms with van der Waals surface area (Å²) >= 11 is 0. The highest BCUT2D eigenvalue weighted by Gasteiger charge is 2.38. The van der Waals surface area contributed by atoms with E-state index in [9.17, 15) is 14.7 Å². The van der Waals surface area contributed by atoms with Crippen LogP contribution in [-0.4, -0.2) is 41.5 Å². The standard InChI is InChI=1S/C20H20N2O3/c23-19-17-8-14(20(24)25)6-7-16(17)18-12-22(11-15(18)9-21-19)10-13-4-2-1-3-5-13/h1-8,15,18H,9-12H2,(H,21,23)(H,24,25)/t15-,18-/m1/s1. The molecule has 128 valence electrons. The Morgan fingerprint density at radius 3 is 2.72 bits per heavy atom. The van der Waals surface area contributed by atoms with Gasteiger partial charge in [0.15, 0.2) is 0 Å². The number of likely N-dealkylation sites (tertiary alicyclic amines) is 1. The summed E-state index contributed by atoms with van der Waals surface area (Å²) in [6.45, 7) is 3.34. The van der Waals surface area contributed by atoms with Gasteiger partial charge in [0.1, 0.15) is 0 Å². The van der Waals surface area contributed by atoms with Crippen LogP contribution in [-0.2, 0) is 6.54 Å². The fourth-order valence-electron chi connectivity index (χ4n) is 4.02. The van der Waals surface area contributed by atoms with E-state index >= 15 is 0 Å². The first-order valence-corrected chi connectivity index (χ1v) is 8.53. The molecule has 2 heterocycles. The number of hydrogen-bond donors (Lipinski definition) is 2. The van der Waals surface area contributed by atoms with Crippen LogP contribution >= 0.6 is 0 Å². The van der Waals surface area contributed by atoms with Crippen molar-refractivity contribution in [3.8, 4) is 0 Å². The zero-order valence-electron chi connectivity index (χ0n) is 13.8. The van der Waals surface area contributed by atoms with Crippen LogP contribution in [0.4, 0.5) is 0 Å². The Kier molecular flexibility index (Phi) is 4.01. The maximum absolute atomic E-state index is 12.4. The monoisotopic (exact) mass is 336 g/mol. The topological polar surface area (TPSA) is 69.6 Å². The molecule has 1 amide bonds. The van der Waals surface area contributed by atoms with Crippen molar-refractivity contribution in [2.45, 2.75) is 12.5 Å². The van der Waals surface area contributed by atoms with Crippen LogP contribution in [0.25, 0.3) is 0 Å². The molecule has 0 saturated carbocycles. The summed E-state index contributed by atoms with van der Waals surface area (Å²) in [4.78, 5) is 26.0. The van der Waals surface area contributed by atoms with Crippen molar-refractivity contribution >= 4 is 11.9 Å². The highest BCUT2D eigenvalue weighted by atomic mass is 16.4. The third kappa shape index (κ3) is 3.03. The molecule has 4 rings (SSSR count). The number of rotatable bonds is 3. The lowest BCUT2D eigenvalue weighted by Gasteiger charge is -2.17. The number of nitrogens with one attached hydrogen (secondary N) is 1. The van der Waals surface area contributed by atoms with Gasteiger partial charge in [-0.05, 0) is 29.2 Å². The van der Waals surface area contributed by atoms with Gasteiger partial charge in [-0.1, -0.05) is 36.4 Å². The number of aromatic carboxylic acids is 1. The van der Waals surface area contributed by atoms with Gasteiger partial charge in [-0.25, -0.2) is 4.79 Å². The summed E-state index contributed by atoms with van der Waals surface area (Å²) in [6.07, 6.45) is 0. The molecular weight excluding hydrogens is 316 g/mol. The third-order valence-electron chi connectivity index (χ3n) is 5.23. The molecule has 0 spiro atoms. The first-order valence-electron chi connectivity index (χ1n) is 8.53. The van der Waals surface area contributed by atoms with E-state index in [0.717, 1.165) is 25.2 Å². The van der Waals surface area contributed by atoms with Crippen LogP contribution in [0.15, 0.2) is 48.5 Å². The predicted octanol–water partition coefficient (Wildman–Crippen LogP) is 2.34. The molecule has 25 heavy (non-hydrogen) atoms. The van der Waals surface area contributed by atoms with Crippen LogP contribution < -0.4 is 5.32 Å². The van der Waals surface area contributed by atoms with Gasteiger partial charge in [0.25, 0.3) is 5.91 Å². The molecule has 2 aromatic carbocycles. The van der Waals surface area contributed by atoms with Crippen molar-refractivity contribution in [3.05, 3.63) is 70.8 Å². The summed E-state index contributed by atoms with van der Waals surface area (Å²) in [6, 6.07) is 15.3. The Morgan fingerprint density at radius 1 is 1.16 bits per heavy atom. The Balaban J connectivity index is 1.62. The van der Waals surface area contributed by atoms with Gasteiger partial charge in [-0.3, -0.25) is 9.69 Å². The summed E-state index contributed by atoms with van der Waals surface area (Å²) in [5.74, 6) is -0.569. The maximum Gasteiger partial charge on any atom is 0.335 e. The molecule has 2 atom stereocenters. The number of hydrogen-bond acceptors (Lipinski definition) is 3. The number of carbonyl (C=O) groups is 2. The molecule has 2 N–H and O–H groups in total. The van der Waals surface area contributed by atoms with E-state index in [2.05, 4.69) is 22.3 Å². The van der Waals surface area contributed by atoms with E-state index in [-0.39, 0.29) is 17.4 Å². The van der Waals surface area contributed by atoms with Crippen molar-refractivity contribution in [1.29, 1.82) is 0 Å². The first-order chi connectivity index (χ1) is 12.1. The average molecular weight is 336 g/mol. The molecule has 5 heteroatoms. The molecule has 1 saturated heterocycles. The number of nitrogens with zero attached hydrogens (tertiary/aromatic N) is 1. The van der Waals surface area contributed by atoms with E-state index in [1.165, 1.54) is 11.6 Å². The Labute approximate surface area is 146 Å². The van der Waals surface area contributed by atoms with Crippen molar-refractivity contribution < 1.29 is 14.7 Å². The molecular formula is C20H20N2O3. The van der Waals surface area contributed by atoms with Gasteiger partial charge in [-0.2, -0.15) is 0 Å². The van der Waals surface area contributed by atoms with Crippen molar-refractivity contribution in [3.63, 3.8) is 0 Å². The predicted molar refractivity (Wildman–Crippen MR) is 93.7 cm³/mol. The number of fused-ring (bicyclic) bond motifs is 3. The minimum absolute atomic E-state index is 0.159. The van der Waals surface area contributed by atoms with Crippen molar-refractivity contribution in [2.75, 3.05) is 19.6 Å². The Morgan fingerprint density at radius 2 is 1.96 bits per heavy atom. The molecule has 0 aliphatic carbocycles. The second-order valence-electron chi connectivity index (χ2n) is 6.86. The normalized spacial score (nSPS) is 22.6. The lowest BCUT2D eigenvalue weighted by molar-refractivity contribution is 0.0697. The van der Waals surface area contributed by atoms with Gasteiger partial charge in [0, 0.05) is 37.7 Å². The zero-order chi connectivity index (χ0) is 17.4. The largest absolute Gasteiger partial charge is 0.478 e. The van der Waals surface area contributed by atoms with E-state index in [4.69, 9.17) is 0 Å². The average Bonchev–Trinajstić information content (AvgIpc) is 2.97. The van der Waals surface area contributed by atoms with Gasteiger partial charge >= 0.3 is 5.97 Å². The van der Waals surface area contributed by atoms with Gasteiger partial charge < -0.3 is 10.4 Å². The molecule has 0 radical (unpaired) electrons. The minimum Gasteiger partial charge on any atom is -0.478 e. The molecule has 2 aromatic rings. The van der Waals surface area contributed by atoms with Crippen LogP contribution in [0.1, 0.15) is 37.8 Å². The van der Waals surface area contributed by atoms with Gasteiger partial charge in [0.2, 0.25) is 0 Å². The molecule has 0 aromatic heterocycles. The fraction of sp³-hybridized carbons (Fsp3) is 0.300.